The van der Waals surface area contributed by atoms with E-state index in [1.54, 1.807) is 0 Å². The lowest BCUT2D eigenvalue weighted by atomic mass is 10.1. The Kier molecular flexibility index (Phi) is 5.94. The molecule has 5 nitrogen and oxygen atoms in total. The number of rotatable bonds is 5. The summed E-state index contributed by atoms with van der Waals surface area (Å²) in [5.41, 5.74) is 1.63. The lowest BCUT2D eigenvalue weighted by Gasteiger charge is -2.35. The first-order chi connectivity index (χ1) is 10.4. The van der Waals surface area contributed by atoms with Crippen LogP contribution < -0.4 is 5.32 Å². The van der Waals surface area contributed by atoms with Crippen molar-refractivity contribution in [3.05, 3.63) is 29.8 Å². The summed E-state index contributed by atoms with van der Waals surface area (Å²) in [4.78, 5) is 13.3. The molecule has 0 aromatic heterocycles. The van der Waals surface area contributed by atoms with Gasteiger partial charge in [0, 0.05) is 32.2 Å². The number of carbonyl (C=O) groups excluding carboxylic acids is 1. The van der Waals surface area contributed by atoms with Gasteiger partial charge in [-0.3, -0.25) is 9.69 Å². The van der Waals surface area contributed by atoms with Crippen molar-refractivity contribution < 1.29 is 14.6 Å². The number of carbonyl (C=O) groups is 1. The van der Waals surface area contributed by atoms with Crippen molar-refractivity contribution in [2.24, 2.45) is 0 Å². The zero-order valence-electron chi connectivity index (χ0n) is 13.6. The Balaban J connectivity index is 1.84. The monoisotopic (exact) mass is 306 g/mol. The van der Waals surface area contributed by atoms with E-state index in [1.165, 1.54) is 6.92 Å². The fourth-order valence-corrected chi connectivity index (χ4v) is 2.93. The second-order valence-electron chi connectivity index (χ2n) is 6.12. The van der Waals surface area contributed by atoms with E-state index in [1.807, 2.05) is 24.3 Å². The summed E-state index contributed by atoms with van der Waals surface area (Å²) >= 11 is 0. The van der Waals surface area contributed by atoms with Gasteiger partial charge in [-0.1, -0.05) is 12.1 Å². The minimum absolute atomic E-state index is 0.0937. The van der Waals surface area contributed by atoms with Crippen LogP contribution in [-0.4, -0.2) is 47.8 Å². The number of hydrogen-bond acceptors (Lipinski definition) is 4. The number of morpholine rings is 1. The Labute approximate surface area is 132 Å². The SMILES string of the molecule is CC(=O)Nc1ccc(C(O)CCN2CC(C)OC(C)C2)cc1. The fraction of sp³-hybridized carbons (Fsp3) is 0.588. The van der Waals surface area contributed by atoms with Gasteiger partial charge in [-0.2, -0.15) is 0 Å². The van der Waals surface area contributed by atoms with Gasteiger partial charge in [0.1, 0.15) is 0 Å². The number of aliphatic hydroxyl groups is 1. The number of nitrogens with zero attached hydrogens (tertiary/aromatic N) is 1. The summed E-state index contributed by atoms with van der Waals surface area (Å²) in [6.07, 6.45) is 0.703. The van der Waals surface area contributed by atoms with Crippen LogP contribution in [0.5, 0.6) is 0 Å². The van der Waals surface area contributed by atoms with E-state index in [9.17, 15) is 9.90 Å². The van der Waals surface area contributed by atoms with Gasteiger partial charge >= 0.3 is 0 Å². The quantitative estimate of drug-likeness (QED) is 0.875. The normalized spacial score (nSPS) is 24.0. The van der Waals surface area contributed by atoms with E-state index in [0.29, 0.717) is 6.42 Å². The van der Waals surface area contributed by atoms with Crippen molar-refractivity contribution in [1.29, 1.82) is 0 Å². The summed E-state index contributed by atoms with van der Waals surface area (Å²) in [7, 11) is 0. The van der Waals surface area contributed by atoms with E-state index >= 15 is 0 Å². The van der Waals surface area contributed by atoms with E-state index in [0.717, 1.165) is 30.9 Å². The van der Waals surface area contributed by atoms with Crippen molar-refractivity contribution in [2.75, 3.05) is 25.0 Å². The van der Waals surface area contributed by atoms with Gasteiger partial charge in [0.2, 0.25) is 5.91 Å². The van der Waals surface area contributed by atoms with E-state index in [-0.39, 0.29) is 18.1 Å². The largest absolute Gasteiger partial charge is 0.388 e. The zero-order valence-corrected chi connectivity index (χ0v) is 13.6. The first kappa shape index (κ1) is 16.9. The molecule has 0 spiro atoms. The second-order valence-corrected chi connectivity index (χ2v) is 6.12. The van der Waals surface area contributed by atoms with Gasteiger partial charge in [0.05, 0.1) is 18.3 Å². The lowest BCUT2D eigenvalue weighted by molar-refractivity contribution is -0.114. The minimum Gasteiger partial charge on any atom is -0.388 e. The molecule has 1 amide bonds. The van der Waals surface area contributed by atoms with Crippen LogP contribution in [0, 0.1) is 0 Å². The molecule has 2 N–H and O–H groups in total. The molecule has 1 aliphatic rings. The number of ether oxygens (including phenoxy) is 1. The predicted molar refractivity (Wildman–Crippen MR) is 86.8 cm³/mol. The van der Waals surface area contributed by atoms with Crippen LogP contribution in [0.25, 0.3) is 0 Å². The van der Waals surface area contributed by atoms with Crippen LogP contribution in [-0.2, 0) is 9.53 Å². The molecule has 1 aliphatic heterocycles. The van der Waals surface area contributed by atoms with Gasteiger partial charge in [-0.05, 0) is 38.0 Å². The Morgan fingerprint density at radius 3 is 2.45 bits per heavy atom. The highest BCUT2D eigenvalue weighted by Gasteiger charge is 2.22. The molecule has 1 heterocycles. The maximum absolute atomic E-state index is 11.0. The summed E-state index contributed by atoms with van der Waals surface area (Å²) in [5, 5.41) is 13.0. The van der Waals surface area contributed by atoms with E-state index in [4.69, 9.17) is 4.74 Å². The molecule has 5 heteroatoms. The highest BCUT2D eigenvalue weighted by Crippen LogP contribution is 2.20. The number of amides is 1. The highest BCUT2D eigenvalue weighted by atomic mass is 16.5. The van der Waals surface area contributed by atoms with Crippen molar-refractivity contribution >= 4 is 11.6 Å². The van der Waals surface area contributed by atoms with Crippen LogP contribution in [0.15, 0.2) is 24.3 Å². The lowest BCUT2D eigenvalue weighted by Crippen LogP contribution is -2.45. The molecule has 1 aromatic rings. The van der Waals surface area contributed by atoms with Crippen molar-refractivity contribution in [3.63, 3.8) is 0 Å². The summed E-state index contributed by atoms with van der Waals surface area (Å²) < 4.78 is 5.71. The minimum atomic E-state index is -0.486. The Morgan fingerprint density at radius 2 is 1.91 bits per heavy atom. The average molecular weight is 306 g/mol. The van der Waals surface area contributed by atoms with Crippen LogP contribution in [0.1, 0.15) is 38.9 Å². The molecule has 0 radical (unpaired) electrons. The van der Waals surface area contributed by atoms with Crippen LogP contribution >= 0.6 is 0 Å². The maximum atomic E-state index is 11.0. The first-order valence-corrected chi connectivity index (χ1v) is 7.87. The molecule has 2 rings (SSSR count). The van der Waals surface area contributed by atoms with Crippen molar-refractivity contribution in [2.45, 2.75) is 45.5 Å². The van der Waals surface area contributed by atoms with Crippen LogP contribution in [0.4, 0.5) is 5.69 Å². The van der Waals surface area contributed by atoms with E-state index < -0.39 is 6.10 Å². The molecule has 0 aliphatic carbocycles. The van der Waals surface area contributed by atoms with Gasteiger partial charge in [-0.15, -0.1) is 0 Å². The maximum Gasteiger partial charge on any atom is 0.221 e. The van der Waals surface area contributed by atoms with Gasteiger partial charge in [0.15, 0.2) is 0 Å². The molecular formula is C17H26N2O3. The van der Waals surface area contributed by atoms with Crippen LogP contribution in [0.3, 0.4) is 0 Å². The Bertz CT molecular complexity index is 479. The standard InChI is InChI=1S/C17H26N2O3/c1-12-10-19(11-13(2)22-12)9-8-17(21)15-4-6-16(7-5-15)18-14(3)20/h4-7,12-13,17,21H,8-11H2,1-3H3,(H,18,20). The van der Waals surface area contributed by atoms with Crippen LogP contribution in [0.2, 0.25) is 0 Å². The zero-order chi connectivity index (χ0) is 16.1. The third-order valence-corrected chi connectivity index (χ3v) is 3.83. The summed E-state index contributed by atoms with van der Waals surface area (Å²) in [6, 6.07) is 7.36. The number of aliphatic hydroxyl groups excluding tert-OH is 1. The third-order valence-electron chi connectivity index (χ3n) is 3.83. The van der Waals surface area contributed by atoms with E-state index in [2.05, 4.69) is 24.1 Å². The molecule has 1 saturated heterocycles. The van der Waals surface area contributed by atoms with Crippen molar-refractivity contribution in [1.82, 2.24) is 4.90 Å². The summed E-state index contributed by atoms with van der Waals surface area (Å²) in [5.74, 6) is -0.0937. The molecule has 3 unspecified atom stereocenters. The molecule has 1 fully saturated rings. The smallest absolute Gasteiger partial charge is 0.221 e. The highest BCUT2D eigenvalue weighted by molar-refractivity contribution is 5.88. The Morgan fingerprint density at radius 1 is 1.32 bits per heavy atom. The number of nitrogens with one attached hydrogen (secondary N) is 1. The molecule has 1 aromatic carbocycles. The van der Waals surface area contributed by atoms with Gasteiger partial charge in [0.25, 0.3) is 0 Å². The topological polar surface area (TPSA) is 61.8 Å². The second kappa shape index (κ2) is 7.72. The molecule has 3 atom stereocenters. The summed E-state index contributed by atoms with van der Waals surface area (Å²) in [6.45, 7) is 8.33. The molecular weight excluding hydrogens is 280 g/mol. The first-order valence-electron chi connectivity index (χ1n) is 7.87. The number of benzene rings is 1. The fourth-order valence-electron chi connectivity index (χ4n) is 2.93. The number of hydrogen-bond donors (Lipinski definition) is 2. The average Bonchev–Trinajstić information content (AvgIpc) is 2.44. The molecule has 22 heavy (non-hydrogen) atoms. The van der Waals surface area contributed by atoms with Gasteiger partial charge in [-0.25, -0.2) is 0 Å². The number of anilines is 1. The molecule has 0 saturated carbocycles. The molecule has 0 bridgehead atoms. The predicted octanol–water partition coefficient (Wildman–Crippen LogP) is 2.18. The molecule has 122 valence electrons. The Hall–Kier alpha value is -1.43. The van der Waals surface area contributed by atoms with Gasteiger partial charge < -0.3 is 15.2 Å². The van der Waals surface area contributed by atoms with Crippen molar-refractivity contribution in [3.8, 4) is 0 Å². The third kappa shape index (κ3) is 5.09.